The first-order valence-corrected chi connectivity index (χ1v) is 11.0. The molecule has 0 saturated carbocycles. The summed E-state index contributed by atoms with van der Waals surface area (Å²) in [5.74, 6) is 0.605. The number of rotatable bonds is 7. The topological polar surface area (TPSA) is 91.4 Å². The molecule has 0 spiro atoms. The van der Waals surface area contributed by atoms with E-state index >= 15 is 0 Å². The molecule has 1 aliphatic heterocycles. The molecule has 0 radical (unpaired) electrons. The average Bonchev–Trinajstić information content (AvgIpc) is 3.23. The van der Waals surface area contributed by atoms with Gasteiger partial charge < -0.3 is 10.2 Å². The van der Waals surface area contributed by atoms with Crippen molar-refractivity contribution in [2.45, 2.75) is 44.0 Å². The van der Waals surface area contributed by atoms with Gasteiger partial charge in [-0.1, -0.05) is 6.92 Å². The third kappa shape index (κ3) is 4.88. The number of carbonyl (C=O) groups excluding carboxylic acids is 1. The fourth-order valence-electron chi connectivity index (χ4n) is 3.00. The van der Waals surface area contributed by atoms with Crippen LogP contribution in [0, 0.1) is 0 Å². The van der Waals surface area contributed by atoms with Crippen molar-refractivity contribution < 1.29 is 13.2 Å². The number of hydrogen-bond acceptors (Lipinski definition) is 5. The summed E-state index contributed by atoms with van der Waals surface area (Å²) in [7, 11) is -3.58. The molecule has 1 fully saturated rings. The molecule has 0 bridgehead atoms. The van der Waals surface area contributed by atoms with E-state index in [1.807, 2.05) is 26.0 Å². The van der Waals surface area contributed by atoms with Gasteiger partial charge in [0.2, 0.25) is 10.0 Å². The Balaban J connectivity index is 1.64. The highest BCUT2D eigenvalue weighted by Gasteiger charge is 2.17. The molecule has 2 aromatic rings. The number of amides is 1. The van der Waals surface area contributed by atoms with Crippen molar-refractivity contribution >= 4 is 27.4 Å². The van der Waals surface area contributed by atoms with Crippen LogP contribution >= 0.6 is 0 Å². The molecule has 2 heterocycles. The summed E-state index contributed by atoms with van der Waals surface area (Å²) in [6.07, 6.45) is 4.70. The van der Waals surface area contributed by atoms with E-state index in [4.69, 9.17) is 0 Å². The summed E-state index contributed by atoms with van der Waals surface area (Å²) in [6, 6.07) is 9.47. The van der Waals surface area contributed by atoms with Gasteiger partial charge in [0.25, 0.3) is 5.91 Å². The first-order valence-electron chi connectivity index (χ1n) is 9.54. The van der Waals surface area contributed by atoms with Gasteiger partial charge in [-0.15, -0.1) is 0 Å². The van der Waals surface area contributed by atoms with Crippen molar-refractivity contribution in [2.75, 3.05) is 23.3 Å². The number of benzene rings is 1. The summed E-state index contributed by atoms with van der Waals surface area (Å²) in [4.78, 5) is 19.2. The monoisotopic (exact) mass is 402 g/mol. The van der Waals surface area contributed by atoms with Crippen LogP contribution in [0.1, 0.15) is 43.5 Å². The van der Waals surface area contributed by atoms with Gasteiger partial charge in [0, 0.05) is 24.7 Å². The molecule has 1 aliphatic rings. The normalized spacial score (nSPS) is 15.4. The van der Waals surface area contributed by atoms with Crippen LogP contribution in [0.2, 0.25) is 0 Å². The second-order valence-corrected chi connectivity index (χ2v) is 8.72. The predicted molar refractivity (Wildman–Crippen MR) is 110 cm³/mol. The van der Waals surface area contributed by atoms with Gasteiger partial charge in [-0.3, -0.25) is 4.79 Å². The number of hydrogen-bond donors (Lipinski definition) is 2. The molecule has 1 amide bonds. The molecule has 1 aromatic heterocycles. The molecule has 1 aromatic carbocycles. The summed E-state index contributed by atoms with van der Waals surface area (Å²) in [6.45, 7) is 5.75. The average molecular weight is 403 g/mol. The van der Waals surface area contributed by atoms with Gasteiger partial charge in [0.05, 0.1) is 16.8 Å². The minimum Gasteiger partial charge on any atom is -0.357 e. The molecule has 1 atom stereocenters. The van der Waals surface area contributed by atoms with Crippen molar-refractivity contribution in [3.05, 3.63) is 48.2 Å². The number of nitrogens with zero attached hydrogens (tertiary/aromatic N) is 2. The summed E-state index contributed by atoms with van der Waals surface area (Å²) < 4.78 is 27.2. The van der Waals surface area contributed by atoms with E-state index < -0.39 is 10.0 Å². The van der Waals surface area contributed by atoms with Crippen LogP contribution in [0.3, 0.4) is 0 Å². The Labute approximate surface area is 166 Å². The first kappa shape index (κ1) is 20.3. The molecule has 3 rings (SSSR count). The fourth-order valence-corrected chi connectivity index (χ4v) is 4.33. The number of sulfonamides is 1. The van der Waals surface area contributed by atoms with E-state index in [0.717, 1.165) is 18.9 Å². The van der Waals surface area contributed by atoms with E-state index in [1.165, 1.54) is 37.1 Å². The Bertz CT molecular complexity index is 905. The highest BCUT2D eigenvalue weighted by molar-refractivity contribution is 7.89. The highest BCUT2D eigenvalue weighted by Crippen LogP contribution is 2.19. The Kier molecular flexibility index (Phi) is 6.31. The van der Waals surface area contributed by atoms with Crippen LogP contribution in [0.15, 0.2) is 47.5 Å². The zero-order valence-corrected chi connectivity index (χ0v) is 17.0. The molecule has 2 N–H and O–H groups in total. The number of anilines is 2. The first-order chi connectivity index (χ1) is 13.4. The maximum atomic E-state index is 12.4. The largest absolute Gasteiger partial charge is 0.357 e. The van der Waals surface area contributed by atoms with Crippen molar-refractivity contribution in [3.63, 3.8) is 0 Å². The minimum absolute atomic E-state index is 0.140. The van der Waals surface area contributed by atoms with E-state index in [1.54, 1.807) is 6.20 Å². The lowest BCUT2D eigenvalue weighted by atomic mass is 10.2. The van der Waals surface area contributed by atoms with Crippen molar-refractivity contribution in [2.24, 2.45) is 0 Å². The predicted octanol–water partition coefficient (Wildman–Crippen LogP) is 3.01. The van der Waals surface area contributed by atoms with Gasteiger partial charge in [0.1, 0.15) is 5.82 Å². The zero-order valence-electron chi connectivity index (χ0n) is 16.2. The van der Waals surface area contributed by atoms with Crippen LogP contribution < -0.4 is 14.9 Å². The smallest absolute Gasteiger partial charge is 0.255 e. The summed E-state index contributed by atoms with van der Waals surface area (Å²) >= 11 is 0. The van der Waals surface area contributed by atoms with Crippen LogP contribution in [-0.2, 0) is 10.0 Å². The second kappa shape index (κ2) is 8.70. The fraction of sp³-hybridized carbons (Fsp3) is 0.400. The molecule has 1 unspecified atom stereocenters. The number of nitrogens with one attached hydrogen (secondary N) is 2. The lowest BCUT2D eigenvalue weighted by Gasteiger charge is -2.16. The Morgan fingerprint density at radius 3 is 2.39 bits per heavy atom. The quantitative estimate of drug-likeness (QED) is 0.743. The van der Waals surface area contributed by atoms with Gasteiger partial charge in [-0.2, -0.15) is 0 Å². The SMILES string of the molecule is CCC(C)NS(=O)(=O)c1ccc(C(=O)Nc2ccc(N3CCCC3)nc2)cc1. The van der Waals surface area contributed by atoms with Crippen LogP contribution in [0.25, 0.3) is 0 Å². The Hall–Kier alpha value is -2.45. The van der Waals surface area contributed by atoms with Crippen molar-refractivity contribution in [1.82, 2.24) is 9.71 Å². The molecule has 0 aliphatic carbocycles. The second-order valence-electron chi connectivity index (χ2n) is 7.01. The third-order valence-corrected chi connectivity index (χ3v) is 6.44. The van der Waals surface area contributed by atoms with E-state index in [2.05, 4.69) is 19.9 Å². The lowest BCUT2D eigenvalue weighted by Crippen LogP contribution is -2.32. The number of aromatic nitrogens is 1. The molecular weight excluding hydrogens is 376 g/mol. The van der Waals surface area contributed by atoms with Crippen LogP contribution in [0.5, 0.6) is 0 Å². The highest BCUT2D eigenvalue weighted by atomic mass is 32.2. The molecule has 8 heteroatoms. The number of carbonyl (C=O) groups is 1. The van der Waals surface area contributed by atoms with E-state index in [9.17, 15) is 13.2 Å². The minimum atomic E-state index is -3.58. The molecule has 150 valence electrons. The van der Waals surface area contributed by atoms with Crippen LogP contribution in [0.4, 0.5) is 11.5 Å². The Morgan fingerprint density at radius 2 is 1.82 bits per heavy atom. The Morgan fingerprint density at radius 1 is 1.14 bits per heavy atom. The van der Waals surface area contributed by atoms with Crippen molar-refractivity contribution in [3.8, 4) is 0 Å². The summed E-state index contributed by atoms with van der Waals surface area (Å²) in [5, 5.41) is 2.79. The van der Waals surface area contributed by atoms with Gasteiger partial charge in [0.15, 0.2) is 0 Å². The standard InChI is InChI=1S/C20H26N4O3S/c1-3-15(2)23-28(26,27)18-9-6-16(7-10-18)20(25)22-17-8-11-19(21-14-17)24-12-4-5-13-24/h6-11,14-15,23H,3-5,12-13H2,1-2H3,(H,22,25). The maximum Gasteiger partial charge on any atom is 0.255 e. The number of pyridine rings is 1. The zero-order chi connectivity index (χ0) is 20.1. The third-order valence-electron chi connectivity index (χ3n) is 4.83. The van der Waals surface area contributed by atoms with Crippen molar-refractivity contribution in [1.29, 1.82) is 0 Å². The lowest BCUT2D eigenvalue weighted by molar-refractivity contribution is 0.102. The van der Waals surface area contributed by atoms with E-state index in [-0.39, 0.29) is 16.8 Å². The van der Waals surface area contributed by atoms with Gasteiger partial charge in [-0.05, 0) is 62.6 Å². The van der Waals surface area contributed by atoms with Gasteiger partial charge in [-0.25, -0.2) is 18.1 Å². The molecule has 7 nitrogen and oxygen atoms in total. The van der Waals surface area contributed by atoms with Crippen LogP contribution in [-0.4, -0.2) is 38.4 Å². The van der Waals surface area contributed by atoms with Gasteiger partial charge >= 0.3 is 0 Å². The molecular formula is C20H26N4O3S. The molecule has 1 saturated heterocycles. The molecule has 28 heavy (non-hydrogen) atoms. The van der Waals surface area contributed by atoms with E-state index in [0.29, 0.717) is 17.7 Å². The summed E-state index contributed by atoms with van der Waals surface area (Å²) in [5.41, 5.74) is 0.981. The maximum absolute atomic E-state index is 12.4.